The molecule has 0 radical (unpaired) electrons. The Bertz CT molecular complexity index is 1030. The summed E-state index contributed by atoms with van der Waals surface area (Å²) in [4.78, 5) is 12.4. The van der Waals surface area contributed by atoms with E-state index >= 15 is 0 Å². The minimum absolute atomic E-state index is 0.00876. The fraction of sp³-hybridized carbons (Fsp3) is 0.444. The van der Waals surface area contributed by atoms with Gasteiger partial charge in [0.25, 0.3) is 0 Å². The van der Waals surface area contributed by atoms with Crippen LogP contribution in [0.5, 0.6) is 11.5 Å². The van der Waals surface area contributed by atoms with Crippen molar-refractivity contribution in [3.63, 3.8) is 0 Å². The van der Waals surface area contributed by atoms with Gasteiger partial charge in [-0.15, -0.1) is 0 Å². The van der Waals surface area contributed by atoms with Crippen LogP contribution in [0, 0.1) is 6.92 Å². The number of aryl methyl sites for hydroxylation is 1. The number of amides is 1. The minimum Gasteiger partial charge on any atom is -0.504 e. The number of sulfone groups is 1. The largest absolute Gasteiger partial charge is 0.504 e. The van der Waals surface area contributed by atoms with Gasteiger partial charge in [-0.05, 0) is 31.0 Å². The molecule has 2 N–H and O–H groups in total. The zero-order valence-electron chi connectivity index (χ0n) is 15.1. The highest BCUT2D eigenvalue weighted by atomic mass is 32.2. The number of methoxy groups -OCH3 is 1. The van der Waals surface area contributed by atoms with Crippen molar-refractivity contribution in [2.24, 2.45) is 0 Å². The third kappa shape index (κ3) is 3.05. The second kappa shape index (κ2) is 6.26. The molecule has 2 aliphatic heterocycles. The quantitative estimate of drug-likeness (QED) is 0.825. The summed E-state index contributed by atoms with van der Waals surface area (Å²) < 4.78 is 30.5. The summed E-state index contributed by atoms with van der Waals surface area (Å²) in [6, 6.07) is 4.81. The van der Waals surface area contributed by atoms with Crippen molar-refractivity contribution in [1.82, 2.24) is 9.78 Å². The van der Waals surface area contributed by atoms with Crippen molar-refractivity contribution >= 4 is 21.6 Å². The number of nitrogens with zero attached hydrogens (tertiary/aromatic N) is 2. The lowest BCUT2D eigenvalue weighted by Crippen LogP contribution is -2.26. The molecule has 1 aromatic carbocycles. The van der Waals surface area contributed by atoms with Crippen molar-refractivity contribution < 1.29 is 23.1 Å². The highest BCUT2D eigenvalue weighted by Gasteiger charge is 2.37. The summed E-state index contributed by atoms with van der Waals surface area (Å²) in [5.74, 6) is 0.671. The van der Waals surface area contributed by atoms with Crippen LogP contribution >= 0.6 is 0 Å². The van der Waals surface area contributed by atoms with Crippen LogP contribution < -0.4 is 10.1 Å². The van der Waals surface area contributed by atoms with E-state index in [0.29, 0.717) is 18.0 Å². The Hall–Kier alpha value is -2.55. The van der Waals surface area contributed by atoms with E-state index in [4.69, 9.17) is 4.74 Å². The molecular formula is C18H21N3O5S. The summed E-state index contributed by atoms with van der Waals surface area (Å²) in [6.07, 6.45) is 0.716. The number of carbonyl (C=O) groups excluding carboxylic acids is 1. The highest BCUT2D eigenvalue weighted by Crippen LogP contribution is 2.43. The Morgan fingerprint density at radius 3 is 2.78 bits per heavy atom. The standard InChI is InChI=1S/C18H21N3O5S/c1-10-17-13(11-3-4-15(26-2)14(22)7-11)8-16(23)19-18(17)21(20-10)12-5-6-27(24,25)9-12/h3-4,7,12-13,22H,5-6,8-9H2,1-2H3,(H,19,23)/t12-,13+/m0/s1. The molecule has 27 heavy (non-hydrogen) atoms. The molecule has 0 bridgehead atoms. The first-order valence-electron chi connectivity index (χ1n) is 8.75. The predicted molar refractivity (Wildman–Crippen MR) is 99.0 cm³/mol. The van der Waals surface area contributed by atoms with Crippen LogP contribution in [0.4, 0.5) is 5.82 Å². The van der Waals surface area contributed by atoms with E-state index in [-0.39, 0.29) is 41.5 Å². The topological polar surface area (TPSA) is 111 Å². The number of carbonyl (C=O) groups is 1. The smallest absolute Gasteiger partial charge is 0.226 e. The van der Waals surface area contributed by atoms with Gasteiger partial charge in [-0.3, -0.25) is 4.79 Å². The number of phenols is 1. The summed E-state index contributed by atoms with van der Waals surface area (Å²) in [7, 11) is -1.60. The third-order valence-electron chi connectivity index (χ3n) is 5.29. The number of hydrogen-bond donors (Lipinski definition) is 2. The normalized spacial score (nSPS) is 23.7. The summed E-state index contributed by atoms with van der Waals surface area (Å²) >= 11 is 0. The maximum Gasteiger partial charge on any atom is 0.226 e. The molecule has 2 aromatic rings. The third-order valence-corrected chi connectivity index (χ3v) is 7.04. The predicted octanol–water partition coefficient (Wildman–Crippen LogP) is 1.74. The summed E-state index contributed by atoms with van der Waals surface area (Å²) in [5, 5.41) is 17.6. The van der Waals surface area contributed by atoms with Crippen molar-refractivity contribution in [3.05, 3.63) is 35.0 Å². The number of rotatable bonds is 3. The molecule has 8 nitrogen and oxygen atoms in total. The molecule has 0 aliphatic carbocycles. The monoisotopic (exact) mass is 391 g/mol. The van der Waals surface area contributed by atoms with Crippen LogP contribution in [0.15, 0.2) is 18.2 Å². The van der Waals surface area contributed by atoms with Gasteiger partial charge in [-0.2, -0.15) is 5.10 Å². The molecule has 2 atom stereocenters. The van der Waals surface area contributed by atoms with Crippen molar-refractivity contribution in [2.45, 2.75) is 31.7 Å². The Morgan fingerprint density at radius 2 is 2.15 bits per heavy atom. The zero-order valence-corrected chi connectivity index (χ0v) is 15.9. The lowest BCUT2D eigenvalue weighted by molar-refractivity contribution is -0.116. The molecule has 0 unspecified atom stereocenters. The Balaban J connectivity index is 1.79. The van der Waals surface area contributed by atoms with Crippen LogP contribution in [0.2, 0.25) is 0 Å². The van der Waals surface area contributed by atoms with Gasteiger partial charge in [0.2, 0.25) is 5.91 Å². The van der Waals surface area contributed by atoms with Gasteiger partial charge in [0.1, 0.15) is 5.82 Å². The van der Waals surface area contributed by atoms with Crippen molar-refractivity contribution in [1.29, 1.82) is 0 Å². The molecule has 2 aliphatic rings. The van der Waals surface area contributed by atoms with E-state index in [1.807, 2.05) is 13.0 Å². The Labute approximate surface area is 157 Å². The number of aromatic nitrogens is 2. The van der Waals surface area contributed by atoms with E-state index in [0.717, 1.165) is 16.8 Å². The second-order valence-electron chi connectivity index (χ2n) is 7.09. The minimum atomic E-state index is -3.07. The molecule has 1 aromatic heterocycles. The first-order chi connectivity index (χ1) is 12.8. The van der Waals surface area contributed by atoms with E-state index in [2.05, 4.69) is 10.4 Å². The van der Waals surface area contributed by atoms with E-state index in [1.165, 1.54) is 7.11 Å². The van der Waals surface area contributed by atoms with Gasteiger partial charge in [0.05, 0.1) is 30.4 Å². The van der Waals surface area contributed by atoms with Gasteiger partial charge in [0.15, 0.2) is 21.3 Å². The van der Waals surface area contributed by atoms with E-state index in [9.17, 15) is 18.3 Å². The Morgan fingerprint density at radius 1 is 1.37 bits per heavy atom. The van der Waals surface area contributed by atoms with Gasteiger partial charge < -0.3 is 15.2 Å². The maximum absolute atomic E-state index is 12.4. The first kappa shape index (κ1) is 17.8. The molecule has 9 heteroatoms. The molecule has 4 rings (SSSR count). The molecule has 1 amide bonds. The van der Waals surface area contributed by atoms with E-state index in [1.54, 1.807) is 16.8 Å². The number of benzene rings is 1. The number of ether oxygens (including phenoxy) is 1. The van der Waals surface area contributed by atoms with Crippen LogP contribution in [0.25, 0.3) is 0 Å². The van der Waals surface area contributed by atoms with Gasteiger partial charge >= 0.3 is 0 Å². The first-order valence-corrected chi connectivity index (χ1v) is 10.6. The van der Waals surface area contributed by atoms with Crippen LogP contribution in [-0.2, 0) is 14.6 Å². The molecule has 1 fully saturated rings. The zero-order chi connectivity index (χ0) is 19.3. The fourth-order valence-corrected chi connectivity index (χ4v) is 5.71. The number of anilines is 1. The van der Waals surface area contributed by atoms with Gasteiger partial charge in [-0.1, -0.05) is 6.07 Å². The van der Waals surface area contributed by atoms with Crippen molar-refractivity contribution in [2.75, 3.05) is 23.9 Å². The number of phenolic OH excluding ortho intramolecular Hbond substituents is 1. The molecule has 0 spiro atoms. The Kier molecular flexibility index (Phi) is 4.14. The SMILES string of the molecule is COc1ccc([C@H]2CC(=O)Nc3c2c(C)nn3[C@H]2CCS(=O)(=O)C2)cc1O. The van der Waals surface area contributed by atoms with E-state index < -0.39 is 9.84 Å². The number of aromatic hydroxyl groups is 1. The lowest BCUT2D eigenvalue weighted by Gasteiger charge is -2.25. The molecular weight excluding hydrogens is 370 g/mol. The average Bonchev–Trinajstić information content (AvgIpc) is 3.13. The van der Waals surface area contributed by atoms with Crippen LogP contribution in [0.3, 0.4) is 0 Å². The number of hydrogen-bond acceptors (Lipinski definition) is 6. The summed E-state index contributed by atoms with van der Waals surface area (Å²) in [5.41, 5.74) is 2.39. The maximum atomic E-state index is 12.4. The number of nitrogens with one attached hydrogen (secondary N) is 1. The number of fused-ring (bicyclic) bond motifs is 1. The summed E-state index contributed by atoms with van der Waals surface area (Å²) in [6.45, 7) is 1.85. The average molecular weight is 391 g/mol. The highest BCUT2D eigenvalue weighted by molar-refractivity contribution is 7.91. The molecule has 3 heterocycles. The van der Waals surface area contributed by atoms with Crippen molar-refractivity contribution in [3.8, 4) is 11.5 Å². The molecule has 1 saturated heterocycles. The van der Waals surface area contributed by atoms with Crippen LogP contribution in [-0.4, -0.2) is 47.8 Å². The molecule has 144 valence electrons. The molecule has 0 saturated carbocycles. The fourth-order valence-electron chi connectivity index (χ4n) is 4.01. The lowest BCUT2D eigenvalue weighted by atomic mass is 9.85. The second-order valence-corrected chi connectivity index (χ2v) is 9.31. The van der Waals surface area contributed by atoms with Crippen LogP contribution in [0.1, 0.15) is 41.6 Å². The van der Waals surface area contributed by atoms with Gasteiger partial charge in [-0.25, -0.2) is 13.1 Å². The van der Waals surface area contributed by atoms with Gasteiger partial charge in [0, 0.05) is 17.9 Å².